The third kappa shape index (κ3) is 3.02. The summed E-state index contributed by atoms with van der Waals surface area (Å²) in [4.78, 5) is 15.2. The Hall–Kier alpha value is -1.40. The lowest BCUT2D eigenvalue weighted by atomic mass is 9.96. The molecule has 0 spiro atoms. The van der Waals surface area contributed by atoms with Crippen LogP contribution in [0.2, 0.25) is 5.02 Å². The van der Waals surface area contributed by atoms with Crippen LogP contribution in [0, 0.1) is 5.92 Å². The molecule has 0 bridgehead atoms. The molecule has 0 aliphatic rings. The molecule has 1 heterocycles. The van der Waals surface area contributed by atoms with E-state index in [-0.39, 0.29) is 5.92 Å². The third-order valence-electron chi connectivity index (χ3n) is 3.15. The van der Waals surface area contributed by atoms with Gasteiger partial charge < -0.3 is 9.63 Å². The first-order chi connectivity index (χ1) is 9.40. The van der Waals surface area contributed by atoms with Crippen molar-refractivity contribution in [2.75, 3.05) is 0 Å². The summed E-state index contributed by atoms with van der Waals surface area (Å²) in [5, 5.41) is 13.5. The van der Waals surface area contributed by atoms with Gasteiger partial charge >= 0.3 is 5.97 Å². The summed E-state index contributed by atoms with van der Waals surface area (Å²) in [5.74, 6) is -1.14. The molecular formula is C13H12BrClN2O3. The van der Waals surface area contributed by atoms with E-state index in [0.29, 0.717) is 16.7 Å². The predicted octanol–water partition coefficient (Wildman–Crippen LogP) is 3.98. The Labute approximate surface area is 129 Å². The summed E-state index contributed by atoms with van der Waals surface area (Å²) >= 11 is 9.25. The normalized spacial score (nSPS) is 14.0. The standard InChI is InChI=1S/C13H12BrClN2O3/c1-6(7(2)13(18)19)12-16-11(17-20-12)8-3-4-10(15)9(14)5-8/h3-7H,1-2H3,(H,18,19). The quantitative estimate of drug-likeness (QED) is 0.893. The van der Waals surface area contributed by atoms with E-state index in [0.717, 1.165) is 10.0 Å². The van der Waals surface area contributed by atoms with Crippen molar-refractivity contribution in [2.45, 2.75) is 19.8 Å². The maximum absolute atomic E-state index is 11.0. The van der Waals surface area contributed by atoms with E-state index in [2.05, 4.69) is 26.1 Å². The fourth-order valence-electron chi connectivity index (χ4n) is 1.60. The SMILES string of the molecule is CC(C(=O)O)C(C)c1nc(-c2ccc(Cl)c(Br)c2)no1. The Bertz CT molecular complexity index is 644. The fourth-order valence-corrected chi connectivity index (χ4v) is 2.10. The van der Waals surface area contributed by atoms with Crippen LogP contribution in [0.5, 0.6) is 0 Å². The molecule has 0 aliphatic heterocycles. The summed E-state index contributed by atoms with van der Waals surface area (Å²) in [5.41, 5.74) is 0.742. The lowest BCUT2D eigenvalue weighted by molar-refractivity contribution is -0.141. The van der Waals surface area contributed by atoms with Crippen molar-refractivity contribution >= 4 is 33.5 Å². The van der Waals surface area contributed by atoms with Gasteiger partial charge in [0, 0.05) is 16.0 Å². The van der Waals surface area contributed by atoms with E-state index in [1.54, 1.807) is 32.0 Å². The summed E-state index contributed by atoms with van der Waals surface area (Å²) in [6.07, 6.45) is 0. The molecule has 1 N–H and O–H groups in total. The van der Waals surface area contributed by atoms with Crippen LogP contribution in [0.3, 0.4) is 0 Å². The fraction of sp³-hybridized carbons (Fsp3) is 0.308. The summed E-state index contributed by atoms with van der Waals surface area (Å²) in [7, 11) is 0. The molecule has 7 heteroatoms. The van der Waals surface area contributed by atoms with Crippen molar-refractivity contribution < 1.29 is 14.4 Å². The number of carboxylic acids is 1. The van der Waals surface area contributed by atoms with E-state index in [9.17, 15) is 4.79 Å². The molecule has 2 unspecified atom stereocenters. The molecule has 1 aromatic heterocycles. The van der Waals surface area contributed by atoms with Crippen LogP contribution in [0.15, 0.2) is 27.2 Å². The highest BCUT2D eigenvalue weighted by Gasteiger charge is 2.26. The molecule has 0 aliphatic carbocycles. The molecule has 0 amide bonds. The van der Waals surface area contributed by atoms with Gasteiger partial charge in [0.2, 0.25) is 11.7 Å². The van der Waals surface area contributed by atoms with Crippen molar-refractivity contribution in [1.82, 2.24) is 10.1 Å². The molecule has 106 valence electrons. The van der Waals surface area contributed by atoms with Crippen LogP contribution in [-0.2, 0) is 4.79 Å². The smallest absolute Gasteiger partial charge is 0.307 e. The van der Waals surface area contributed by atoms with Gasteiger partial charge in [-0.1, -0.05) is 30.6 Å². The monoisotopic (exact) mass is 358 g/mol. The average Bonchev–Trinajstić information content (AvgIpc) is 2.89. The largest absolute Gasteiger partial charge is 0.481 e. The number of hydrogen-bond acceptors (Lipinski definition) is 4. The molecule has 0 fully saturated rings. The van der Waals surface area contributed by atoms with Gasteiger partial charge in [0.15, 0.2) is 0 Å². The average molecular weight is 360 g/mol. The summed E-state index contributed by atoms with van der Waals surface area (Å²) in [6, 6.07) is 5.27. The van der Waals surface area contributed by atoms with E-state index < -0.39 is 11.9 Å². The van der Waals surface area contributed by atoms with Crippen molar-refractivity contribution in [1.29, 1.82) is 0 Å². The number of carboxylic acid groups (broad SMARTS) is 1. The number of nitrogens with zero attached hydrogens (tertiary/aromatic N) is 2. The number of aromatic nitrogens is 2. The Morgan fingerprint density at radius 1 is 1.45 bits per heavy atom. The molecule has 2 aromatic rings. The Morgan fingerprint density at radius 2 is 2.15 bits per heavy atom. The lowest BCUT2D eigenvalue weighted by Gasteiger charge is -2.10. The van der Waals surface area contributed by atoms with Crippen LogP contribution in [-0.4, -0.2) is 21.2 Å². The van der Waals surface area contributed by atoms with Gasteiger partial charge in [-0.25, -0.2) is 0 Å². The lowest BCUT2D eigenvalue weighted by Crippen LogP contribution is -2.16. The Kier molecular flexibility index (Phi) is 4.45. The first-order valence-corrected chi connectivity index (χ1v) is 7.09. The molecular weight excluding hydrogens is 348 g/mol. The number of carbonyl (C=O) groups is 1. The van der Waals surface area contributed by atoms with E-state index in [1.807, 2.05) is 0 Å². The molecule has 1 aromatic carbocycles. The van der Waals surface area contributed by atoms with Gasteiger partial charge in [-0.3, -0.25) is 4.79 Å². The second-order valence-electron chi connectivity index (χ2n) is 4.50. The first kappa shape index (κ1) is 15.0. The van der Waals surface area contributed by atoms with Gasteiger partial charge in [-0.2, -0.15) is 4.98 Å². The number of benzene rings is 1. The molecule has 0 saturated carbocycles. The van der Waals surface area contributed by atoms with Crippen molar-refractivity contribution in [3.63, 3.8) is 0 Å². The highest BCUT2D eigenvalue weighted by molar-refractivity contribution is 9.10. The minimum Gasteiger partial charge on any atom is -0.481 e. The first-order valence-electron chi connectivity index (χ1n) is 5.92. The maximum Gasteiger partial charge on any atom is 0.307 e. The van der Waals surface area contributed by atoms with Crippen LogP contribution in [0.4, 0.5) is 0 Å². The van der Waals surface area contributed by atoms with Crippen LogP contribution < -0.4 is 0 Å². The predicted molar refractivity (Wildman–Crippen MR) is 77.7 cm³/mol. The minimum atomic E-state index is -0.897. The van der Waals surface area contributed by atoms with Crippen molar-refractivity contribution in [3.8, 4) is 11.4 Å². The van der Waals surface area contributed by atoms with Gasteiger partial charge in [-0.15, -0.1) is 0 Å². The maximum atomic E-state index is 11.0. The van der Waals surface area contributed by atoms with Gasteiger partial charge in [0.25, 0.3) is 0 Å². The molecule has 5 nitrogen and oxygen atoms in total. The molecule has 2 rings (SSSR count). The molecule has 20 heavy (non-hydrogen) atoms. The topological polar surface area (TPSA) is 76.2 Å². The van der Waals surface area contributed by atoms with Crippen molar-refractivity contribution in [3.05, 3.63) is 33.6 Å². The number of halogens is 2. The number of hydrogen-bond donors (Lipinski definition) is 1. The second-order valence-corrected chi connectivity index (χ2v) is 5.76. The van der Waals surface area contributed by atoms with E-state index >= 15 is 0 Å². The zero-order chi connectivity index (χ0) is 14.9. The van der Waals surface area contributed by atoms with Crippen LogP contribution in [0.1, 0.15) is 25.7 Å². The zero-order valence-corrected chi connectivity index (χ0v) is 13.1. The van der Waals surface area contributed by atoms with Gasteiger partial charge in [-0.05, 0) is 34.1 Å². The highest BCUT2D eigenvalue weighted by atomic mass is 79.9. The number of rotatable bonds is 4. The van der Waals surface area contributed by atoms with E-state index in [4.69, 9.17) is 21.2 Å². The Morgan fingerprint density at radius 3 is 2.75 bits per heavy atom. The zero-order valence-electron chi connectivity index (χ0n) is 10.8. The summed E-state index contributed by atoms with van der Waals surface area (Å²) in [6.45, 7) is 3.35. The van der Waals surface area contributed by atoms with Gasteiger partial charge in [0.1, 0.15) is 0 Å². The molecule has 2 atom stereocenters. The Balaban J connectivity index is 2.28. The van der Waals surface area contributed by atoms with Crippen LogP contribution in [0.25, 0.3) is 11.4 Å². The third-order valence-corrected chi connectivity index (χ3v) is 4.36. The second kappa shape index (κ2) is 5.93. The molecule has 0 saturated heterocycles. The minimum absolute atomic E-state index is 0.306. The van der Waals surface area contributed by atoms with Crippen molar-refractivity contribution in [2.24, 2.45) is 5.92 Å². The number of aliphatic carboxylic acids is 1. The van der Waals surface area contributed by atoms with Gasteiger partial charge in [0.05, 0.1) is 10.9 Å². The highest BCUT2D eigenvalue weighted by Crippen LogP contribution is 2.29. The molecule has 0 radical (unpaired) electrons. The van der Waals surface area contributed by atoms with Crippen LogP contribution >= 0.6 is 27.5 Å². The van der Waals surface area contributed by atoms with E-state index in [1.165, 1.54) is 0 Å². The summed E-state index contributed by atoms with van der Waals surface area (Å²) < 4.78 is 5.88.